The second kappa shape index (κ2) is 6.35. The largest absolute Gasteiger partial charge is 0.354 e. The van der Waals surface area contributed by atoms with Gasteiger partial charge in [0.2, 0.25) is 0 Å². The number of hydrogen-bond acceptors (Lipinski definition) is 4. The van der Waals surface area contributed by atoms with Gasteiger partial charge in [0.15, 0.2) is 0 Å². The quantitative estimate of drug-likeness (QED) is 0.902. The van der Waals surface area contributed by atoms with Crippen LogP contribution in [-0.2, 0) is 0 Å². The summed E-state index contributed by atoms with van der Waals surface area (Å²) in [5.41, 5.74) is 7.15. The predicted octanol–water partition coefficient (Wildman–Crippen LogP) is 2.02. The van der Waals surface area contributed by atoms with Crippen molar-refractivity contribution >= 4 is 5.82 Å². The predicted molar refractivity (Wildman–Crippen MR) is 80.4 cm³/mol. The number of aromatic nitrogens is 1. The van der Waals surface area contributed by atoms with E-state index in [0.717, 1.165) is 44.0 Å². The molecule has 0 aromatic carbocycles. The molecule has 0 saturated carbocycles. The summed E-state index contributed by atoms with van der Waals surface area (Å²) >= 11 is 0. The van der Waals surface area contributed by atoms with Crippen LogP contribution in [0.2, 0.25) is 0 Å². The molecule has 4 heteroatoms. The van der Waals surface area contributed by atoms with Gasteiger partial charge in [-0.15, -0.1) is 0 Å². The highest BCUT2D eigenvalue weighted by Gasteiger charge is 2.19. The van der Waals surface area contributed by atoms with Gasteiger partial charge in [0.05, 0.1) is 0 Å². The molecule has 0 aliphatic carbocycles. The fourth-order valence-electron chi connectivity index (χ4n) is 2.51. The molecule has 1 aromatic rings. The van der Waals surface area contributed by atoms with Crippen LogP contribution in [0.5, 0.6) is 0 Å². The lowest BCUT2D eigenvalue weighted by molar-refractivity contribution is 0.209. The Labute approximate surface area is 116 Å². The molecule has 1 atom stereocenters. The molecule has 2 heterocycles. The number of piperazine rings is 1. The first kappa shape index (κ1) is 14.3. The van der Waals surface area contributed by atoms with E-state index in [0.29, 0.717) is 6.04 Å². The van der Waals surface area contributed by atoms with E-state index in [4.69, 9.17) is 5.73 Å². The minimum atomic E-state index is 0.110. The molecule has 0 bridgehead atoms. The Kier molecular flexibility index (Phi) is 4.77. The van der Waals surface area contributed by atoms with E-state index in [2.05, 4.69) is 47.7 Å². The molecule has 4 nitrogen and oxygen atoms in total. The Morgan fingerprint density at radius 3 is 2.37 bits per heavy atom. The number of anilines is 1. The number of hydrogen-bond donors (Lipinski definition) is 1. The molecule has 1 aliphatic rings. The second-order valence-electron chi connectivity index (χ2n) is 5.58. The minimum Gasteiger partial charge on any atom is -0.354 e. The monoisotopic (exact) mass is 262 g/mol. The zero-order valence-electron chi connectivity index (χ0n) is 12.3. The molecule has 1 aliphatic heterocycles. The Hall–Kier alpha value is -1.13. The van der Waals surface area contributed by atoms with Crippen molar-refractivity contribution < 1.29 is 0 Å². The number of pyridine rings is 1. The van der Waals surface area contributed by atoms with Crippen molar-refractivity contribution in [3.63, 3.8) is 0 Å². The van der Waals surface area contributed by atoms with Crippen molar-refractivity contribution in [2.45, 2.75) is 39.3 Å². The molecular weight excluding hydrogens is 236 g/mol. The summed E-state index contributed by atoms with van der Waals surface area (Å²) in [4.78, 5) is 9.44. The third-order valence-corrected chi connectivity index (χ3v) is 4.01. The van der Waals surface area contributed by atoms with E-state index in [9.17, 15) is 0 Å². The normalized spacial score (nSPS) is 18.9. The zero-order valence-corrected chi connectivity index (χ0v) is 12.3. The maximum absolute atomic E-state index is 6.01. The van der Waals surface area contributed by atoms with Gasteiger partial charge in [0.1, 0.15) is 5.82 Å². The van der Waals surface area contributed by atoms with Gasteiger partial charge < -0.3 is 10.6 Å². The van der Waals surface area contributed by atoms with E-state index >= 15 is 0 Å². The number of nitrogens with two attached hydrogens (primary N) is 1. The summed E-state index contributed by atoms with van der Waals surface area (Å²) in [6.07, 6.45) is 2.88. The molecule has 1 saturated heterocycles. The van der Waals surface area contributed by atoms with Crippen molar-refractivity contribution in [1.82, 2.24) is 9.88 Å². The van der Waals surface area contributed by atoms with Crippen molar-refractivity contribution in [2.24, 2.45) is 5.73 Å². The Morgan fingerprint density at radius 1 is 1.21 bits per heavy atom. The smallest absolute Gasteiger partial charge is 0.128 e. The molecular formula is C15H26N4. The highest BCUT2D eigenvalue weighted by molar-refractivity contribution is 5.40. The van der Waals surface area contributed by atoms with E-state index in [1.807, 2.05) is 6.20 Å². The van der Waals surface area contributed by atoms with Gasteiger partial charge in [-0.05, 0) is 31.9 Å². The molecule has 2 rings (SSSR count). The van der Waals surface area contributed by atoms with Gasteiger partial charge in [-0.3, -0.25) is 4.90 Å². The summed E-state index contributed by atoms with van der Waals surface area (Å²) in [7, 11) is 0. The molecule has 106 valence electrons. The molecule has 2 N–H and O–H groups in total. The van der Waals surface area contributed by atoms with E-state index < -0.39 is 0 Å². The topological polar surface area (TPSA) is 45.4 Å². The van der Waals surface area contributed by atoms with Gasteiger partial charge in [0.25, 0.3) is 0 Å². The molecule has 1 aromatic heterocycles. The molecule has 0 spiro atoms. The van der Waals surface area contributed by atoms with Gasteiger partial charge in [-0.25, -0.2) is 4.98 Å². The third kappa shape index (κ3) is 3.45. The first-order valence-corrected chi connectivity index (χ1v) is 7.32. The first-order valence-electron chi connectivity index (χ1n) is 7.32. The molecule has 0 amide bonds. The maximum atomic E-state index is 6.01. The van der Waals surface area contributed by atoms with Crippen LogP contribution in [0.4, 0.5) is 5.82 Å². The fraction of sp³-hybridized carbons (Fsp3) is 0.667. The van der Waals surface area contributed by atoms with Gasteiger partial charge in [-0.2, -0.15) is 0 Å². The van der Waals surface area contributed by atoms with Crippen LogP contribution in [0.25, 0.3) is 0 Å². The average Bonchev–Trinajstić information content (AvgIpc) is 2.46. The molecule has 19 heavy (non-hydrogen) atoms. The van der Waals surface area contributed by atoms with Crippen molar-refractivity contribution in [3.8, 4) is 0 Å². The van der Waals surface area contributed by atoms with Gasteiger partial charge in [0, 0.05) is 44.5 Å². The highest BCUT2D eigenvalue weighted by atomic mass is 15.3. The zero-order chi connectivity index (χ0) is 13.8. The Balaban J connectivity index is 1.96. The van der Waals surface area contributed by atoms with Crippen molar-refractivity contribution in [2.75, 3.05) is 31.1 Å². The lowest BCUT2D eigenvalue weighted by Gasteiger charge is -2.37. The van der Waals surface area contributed by atoms with Gasteiger partial charge >= 0.3 is 0 Å². The maximum Gasteiger partial charge on any atom is 0.128 e. The van der Waals surface area contributed by atoms with Crippen LogP contribution in [-0.4, -0.2) is 42.1 Å². The van der Waals surface area contributed by atoms with Gasteiger partial charge in [-0.1, -0.05) is 13.0 Å². The van der Waals surface area contributed by atoms with Crippen LogP contribution in [0.15, 0.2) is 18.3 Å². The number of rotatable bonds is 4. The van der Waals surface area contributed by atoms with Crippen LogP contribution in [0, 0.1) is 0 Å². The summed E-state index contributed by atoms with van der Waals surface area (Å²) in [5.74, 6) is 1.08. The van der Waals surface area contributed by atoms with Crippen LogP contribution < -0.4 is 10.6 Å². The van der Waals surface area contributed by atoms with Crippen molar-refractivity contribution in [1.29, 1.82) is 0 Å². The molecule has 0 unspecified atom stereocenters. The van der Waals surface area contributed by atoms with E-state index in [-0.39, 0.29) is 6.04 Å². The molecule has 0 radical (unpaired) electrons. The SMILES string of the molecule is CC[C@@H](N)c1ccc(N2CCN(C(C)C)CC2)nc1. The van der Waals surface area contributed by atoms with Crippen LogP contribution in [0.1, 0.15) is 38.8 Å². The highest BCUT2D eigenvalue weighted by Crippen LogP contribution is 2.18. The van der Waals surface area contributed by atoms with Crippen LogP contribution >= 0.6 is 0 Å². The van der Waals surface area contributed by atoms with Crippen LogP contribution in [0.3, 0.4) is 0 Å². The average molecular weight is 262 g/mol. The molecule has 1 fully saturated rings. The first-order chi connectivity index (χ1) is 9.11. The van der Waals surface area contributed by atoms with Crippen molar-refractivity contribution in [3.05, 3.63) is 23.9 Å². The minimum absolute atomic E-state index is 0.110. The number of nitrogens with zero attached hydrogens (tertiary/aromatic N) is 3. The second-order valence-corrected chi connectivity index (χ2v) is 5.58. The lowest BCUT2D eigenvalue weighted by Crippen LogP contribution is -2.49. The standard InChI is InChI=1S/C15H26N4/c1-4-14(16)13-5-6-15(17-11-13)19-9-7-18(8-10-19)12(2)3/h5-6,11-12,14H,4,7-10,16H2,1-3H3/t14-/m1/s1. The lowest BCUT2D eigenvalue weighted by atomic mass is 10.1. The third-order valence-electron chi connectivity index (χ3n) is 4.01. The summed E-state index contributed by atoms with van der Waals surface area (Å²) < 4.78 is 0. The van der Waals surface area contributed by atoms with E-state index in [1.165, 1.54) is 0 Å². The fourth-order valence-corrected chi connectivity index (χ4v) is 2.51. The Morgan fingerprint density at radius 2 is 1.89 bits per heavy atom. The van der Waals surface area contributed by atoms with E-state index in [1.54, 1.807) is 0 Å². The summed E-state index contributed by atoms with van der Waals surface area (Å²) in [6, 6.07) is 4.97. The summed E-state index contributed by atoms with van der Waals surface area (Å²) in [6.45, 7) is 11.0. The summed E-state index contributed by atoms with van der Waals surface area (Å²) in [5, 5.41) is 0. The Bertz CT molecular complexity index is 380.